The Bertz CT molecular complexity index is 365. The van der Waals surface area contributed by atoms with E-state index in [4.69, 9.17) is 14.2 Å². The molecule has 0 spiro atoms. The van der Waals surface area contributed by atoms with Gasteiger partial charge in [-0.3, -0.25) is 0 Å². The molecule has 3 nitrogen and oxygen atoms in total. The quantitative estimate of drug-likeness (QED) is 0.855. The number of ether oxygens (including phenoxy) is 3. The van der Waals surface area contributed by atoms with Crippen molar-refractivity contribution in [3.8, 4) is 5.75 Å². The molecule has 0 bridgehead atoms. The SMILES string of the molecule is CC1(C)OCC(COc2cccc(Br)c2)O1. The van der Waals surface area contributed by atoms with Gasteiger partial charge in [0.15, 0.2) is 5.79 Å². The van der Waals surface area contributed by atoms with E-state index in [0.29, 0.717) is 13.2 Å². The van der Waals surface area contributed by atoms with Crippen LogP contribution in [0.15, 0.2) is 28.7 Å². The lowest BCUT2D eigenvalue weighted by atomic mass is 10.3. The minimum atomic E-state index is -0.481. The highest BCUT2D eigenvalue weighted by molar-refractivity contribution is 9.10. The Kier molecular flexibility index (Phi) is 3.52. The molecule has 0 radical (unpaired) electrons. The van der Waals surface area contributed by atoms with Gasteiger partial charge in [-0.05, 0) is 32.0 Å². The molecular formula is C12H15BrO3. The fraction of sp³-hybridized carbons (Fsp3) is 0.500. The Morgan fingerprint density at radius 1 is 1.50 bits per heavy atom. The molecule has 1 aromatic rings. The molecular weight excluding hydrogens is 272 g/mol. The van der Waals surface area contributed by atoms with Crippen LogP contribution in [0.2, 0.25) is 0 Å². The van der Waals surface area contributed by atoms with Crippen molar-refractivity contribution in [2.45, 2.75) is 25.7 Å². The number of halogens is 1. The summed E-state index contributed by atoms with van der Waals surface area (Å²) in [5, 5.41) is 0. The van der Waals surface area contributed by atoms with Crippen LogP contribution in [0.3, 0.4) is 0 Å². The third-order valence-electron chi connectivity index (χ3n) is 2.30. The molecule has 1 aromatic carbocycles. The molecule has 1 unspecified atom stereocenters. The van der Waals surface area contributed by atoms with Gasteiger partial charge < -0.3 is 14.2 Å². The van der Waals surface area contributed by atoms with Gasteiger partial charge in [-0.15, -0.1) is 0 Å². The summed E-state index contributed by atoms with van der Waals surface area (Å²) in [6, 6.07) is 7.76. The molecule has 1 fully saturated rings. The van der Waals surface area contributed by atoms with Crippen LogP contribution in [0.4, 0.5) is 0 Å². The molecule has 1 aliphatic rings. The Balaban J connectivity index is 1.84. The van der Waals surface area contributed by atoms with Crippen molar-refractivity contribution in [1.82, 2.24) is 0 Å². The minimum Gasteiger partial charge on any atom is -0.491 e. The molecule has 1 aliphatic heterocycles. The van der Waals surface area contributed by atoms with Crippen LogP contribution in [-0.2, 0) is 9.47 Å². The summed E-state index contributed by atoms with van der Waals surface area (Å²) in [5.74, 6) is 0.355. The summed E-state index contributed by atoms with van der Waals surface area (Å²) in [7, 11) is 0. The van der Waals surface area contributed by atoms with Gasteiger partial charge in [-0.1, -0.05) is 22.0 Å². The number of benzene rings is 1. The second-order valence-electron chi connectivity index (χ2n) is 4.22. The first-order valence-corrected chi connectivity index (χ1v) is 6.05. The van der Waals surface area contributed by atoms with Crippen LogP contribution >= 0.6 is 15.9 Å². The molecule has 1 saturated heterocycles. The first-order valence-electron chi connectivity index (χ1n) is 5.25. The normalized spacial score (nSPS) is 23.3. The van der Waals surface area contributed by atoms with Gasteiger partial charge in [0.1, 0.15) is 18.5 Å². The molecule has 0 aromatic heterocycles. The summed E-state index contributed by atoms with van der Waals surface area (Å²) >= 11 is 3.40. The zero-order valence-electron chi connectivity index (χ0n) is 9.40. The Hall–Kier alpha value is -0.580. The lowest BCUT2D eigenvalue weighted by molar-refractivity contribution is -0.141. The molecule has 4 heteroatoms. The van der Waals surface area contributed by atoms with Crippen LogP contribution in [0, 0.1) is 0 Å². The van der Waals surface area contributed by atoms with Gasteiger partial charge in [-0.25, -0.2) is 0 Å². The van der Waals surface area contributed by atoms with Crippen LogP contribution in [0.25, 0.3) is 0 Å². The van der Waals surface area contributed by atoms with Gasteiger partial charge in [0.25, 0.3) is 0 Å². The van der Waals surface area contributed by atoms with E-state index in [1.54, 1.807) is 0 Å². The smallest absolute Gasteiger partial charge is 0.163 e. The van der Waals surface area contributed by atoms with E-state index in [1.165, 1.54) is 0 Å². The molecule has 0 N–H and O–H groups in total. The first kappa shape index (κ1) is 11.9. The van der Waals surface area contributed by atoms with E-state index in [-0.39, 0.29) is 6.10 Å². The van der Waals surface area contributed by atoms with Crippen LogP contribution in [0.5, 0.6) is 5.75 Å². The maximum Gasteiger partial charge on any atom is 0.163 e. The zero-order chi connectivity index (χ0) is 11.6. The molecule has 0 aliphatic carbocycles. The summed E-state index contributed by atoms with van der Waals surface area (Å²) < 4.78 is 17.7. The van der Waals surface area contributed by atoms with E-state index in [1.807, 2.05) is 38.1 Å². The minimum absolute atomic E-state index is 0.00832. The van der Waals surface area contributed by atoms with Crippen molar-refractivity contribution in [2.24, 2.45) is 0 Å². The van der Waals surface area contributed by atoms with E-state index in [0.717, 1.165) is 10.2 Å². The molecule has 0 saturated carbocycles. The molecule has 16 heavy (non-hydrogen) atoms. The van der Waals surface area contributed by atoms with Gasteiger partial charge in [0.05, 0.1) is 6.61 Å². The predicted octanol–water partition coefficient (Wildman–Crippen LogP) is 2.98. The first-order chi connectivity index (χ1) is 7.55. The number of hydrogen-bond acceptors (Lipinski definition) is 3. The predicted molar refractivity (Wildman–Crippen MR) is 64.5 cm³/mol. The average molecular weight is 287 g/mol. The van der Waals surface area contributed by atoms with Gasteiger partial charge in [-0.2, -0.15) is 0 Å². The van der Waals surface area contributed by atoms with Gasteiger partial charge in [0, 0.05) is 4.47 Å². The van der Waals surface area contributed by atoms with Crippen molar-refractivity contribution < 1.29 is 14.2 Å². The van der Waals surface area contributed by atoms with Crippen LogP contribution in [0.1, 0.15) is 13.8 Å². The Morgan fingerprint density at radius 2 is 2.31 bits per heavy atom. The van der Waals surface area contributed by atoms with E-state index in [2.05, 4.69) is 15.9 Å². The average Bonchev–Trinajstić information content (AvgIpc) is 2.56. The van der Waals surface area contributed by atoms with Crippen molar-refractivity contribution in [3.05, 3.63) is 28.7 Å². The van der Waals surface area contributed by atoms with Crippen molar-refractivity contribution in [1.29, 1.82) is 0 Å². The monoisotopic (exact) mass is 286 g/mol. The fourth-order valence-corrected chi connectivity index (χ4v) is 1.97. The molecule has 2 rings (SSSR count). The maximum atomic E-state index is 5.64. The van der Waals surface area contributed by atoms with Crippen molar-refractivity contribution in [2.75, 3.05) is 13.2 Å². The summed E-state index contributed by atoms with van der Waals surface area (Å²) in [6.07, 6.45) is 0.00832. The summed E-state index contributed by atoms with van der Waals surface area (Å²) in [6.45, 7) is 4.92. The second kappa shape index (κ2) is 4.73. The van der Waals surface area contributed by atoms with Crippen molar-refractivity contribution in [3.63, 3.8) is 0 Å². The third kappa shape index (κ3) is 3.20. The topological polar surface area (TPSA) is 27.7 Å². The molecule has 1 atom stereocenters. The number of hydrogen-bond donors (Lipinski definition) is 0. The Labute approximate surface area is 104 Å². The lowest BCUT2D eigenvalue weighted by Crippen LogP contribution is -2.25. The third-order valence-corrected chi connectivity index (χ3v) is 2.79. The highest BCUT2D eigenvalue weighted by Crippen LogP contribution is 2.23. The van der Waals surface area contributed by atoms with Gasteiger partial charge >= 0.3 is 0 Å². The van der Waals surface area contributed by atoms with Crippen molar-refractivity contribution >= 4 is 15.9 Å². The summed E-state index contributed by atoms with van der Waals surface area (Å²) in [5.41, 5.74) is 0. The van der Waals surface area contributed by atoms with Crippen LogP contribution < -0.4 is 4.74 Å². The second-order valence-corrected chi connectivity index (χ2v) is 5.13. The van der Waals surface area contributed by atoms with Crippen LogP contribution in [-0.4, -0.2) is 25.1 Å². The highest BCUT2D eigenvalue weighted by Gasteiger charge is 2.32. The standard InChI is InChI=1S/C12H15BrO3/c1-12(2)15-8-11(16-12)7-14-10-5-3-4-9(13)6-10/h3-6,11H,7-8H2,1-2H3. The Morgan fingerprint density at radius 3 is 2.94 bits per heavy atom. The maximum absolute atomic E-state index is 5.64. The fourth-order valence-electron chi connectivity index (χ4n) is 1.59. The number of rotatable bonds is 3. The van der Waals surface area contributed by atoms with E-state index >= 15 is 0 Å². The van der Waals surface area contributed by atoms with E-state index in [9.17, 15) is 0 Å². The molecule has 1 heterocycles. The molecule has 0 amide bonds. The summed E-state index contributed by atoms with van der Waals surface area (Å²) in [4.78, 5) is 0. The van der Waals surface area contributed by atoms with Gasteiger partial charge in [0.2, 0.25) is 0 Å². The highest BCUT2D eigenvalue weighted by atomic mass is 79.9. The lowest BCUT2D eigenvalue weighted by Gasteiger charge is -2.17. The largest absolute Gasteiger partial charge is 0.491 e. The molecule has 88 valence electrons. The van der Waals surface area contributed by atoms with E-state index < -0.39 is 5.79 Å². The zero-order valence-corrected chi connectivity index (χ0v) is 11.0.